The van der Waals surface area contributed by atoms with Gasteiger partial charge < -0.3 is 9.64 Å². The Kier molecular flexibility index (Phi) is 4.39. The third kappa shape index (κ3) is 3.10. The number of piperidine rings is 1. The molecule has 1 aromatic carbocycles. The smallest absolute Gasteiger partial charge is 0.229 e. The summed E-state index contributed by atoms with van der Waals surface area (Å²) in [6, 6.07) is 6.11. The molecule has 1 unspecified atom stereocenters. The zero-order valence-corrected chi connectivity index (χ0v) is 17.0. The van der Waals surface area contributed by atoms with Gasteiger partial charge in [-0.3, -0.25) is 14.5 Å². The molecule has 148 valence electrons. The highest BCUT2D eigenvalue weighted by molar-refractivity contribution is 7.22. The quantitative estimate of drug-likeness (QED) is 0.778. The van der Waals surface area contributed by atoms with Crippen molar-refractivity contribution in [2.24, 2.45) is 5.92 Å². The van der Waals surface area contributed by atoms with Gasteiger partial charge in [0.15, 0.2) is 5.13 Å². The lowest BCUT2D eigenvalue weighted by molar-refractivity contribution is -0.140. The van der Waals surface area contributed by atoms with E-state index < -0.39 is 0 Å². The first-order valence-corrected chi connectivity index (χ1v) is 10.9. The number of ether oxygens (including phenoxy) is 1. The van der Waals surface area contributed by atoms with Gasteiger partial charge >= 0.3 is 0 Å². The Morgan fingerprint density at radius 3 is 2.86 bits per heavy atom. The fourth-order valence-corrected chi connectivity index (χ4v) is 5.83. The molecule has 2 aromatic rings. The maximum Gasteiger partial charge on any atom is 0.229 e. The average molecular weight is 400 g/mol. The summed E-state index contributed by atoms with van der Waals surface area (Å²) < 4.78 is 7.04. The van der Waals surface area contributed by atoms with E-state index in [1.807, 2.05) is 24.0 Å². The van der Waals surface area contributed by atoms with Gasteiger partial charge in [0.25, 0.3) is 0 Å². The van der Waals surface area contributed by atoms with Crippen molar-refractivity contribution in [2.75, 3.05) is 31.1 Å². The first-order chi connectivity index (χ1) is 13.5. The van der Waals surface area contributed by atoms with E-state index in [1.165, 1.54) is 16.9 Å². The number of amides is 2. The van der Waals surface area contributed by atoms with Crippen LogP contribution >= 0.6 is 11.3 Å². The van der Waals surface area contributed by atoms with E-state index in [0.717, 1.165) is 55.6 Å². The summed E-state index contributed by atoms with van der Waals surface area (Å²) in [6.07, 6.45) is 4.36. The second-order valence-corrected chi connectivity index (χ2v) is 9.34. The van der Waals surface area contributed by atoms with Crippen LogP contribution in [0.1, 0.15) is 37.7 Å². The summed E-state index contributed by atoms with van der Waals surface area (Å²) in [5.41, 5.74) is 2.09. The predicted octanol–water partition coefficient (Wildman–Crippen LogP) is 3.13. The number of anilines is 1. The van der Waals surface area contributed by atoms with Crippen molar-refractivity contribution in [3.05, 3.63) is 23.8 Å². The van der Waals surface area contributed by atoms with Crippen LogP contribution in [0, 0.1) is 12.8 Å². The van der Waals surface area contributed by atoms with Gasteiger partial charge in [-0.05, 0) is 50.3 Å². The summed E-state index contributed by atoms with van der Waals surface area (Å²) in [5, 5.41) is 0.706. The maximum atomic E-state index is 13.0. The van der Waals surface area contributed by atoms with Gasteiger partial charge in [0.05, 0.1) is 21.7 Å². The lowest BCUT2D eigenvalue weighted by Crippen LogP contribution is -2.48. The summed E-state index contributed by atoms with van der Waals surface area (Å²) in [5.74, 6) is -0.151. The summed E-state index contributed by atoms with van der Waals surface area (Å²) in [4.78, 5) is 33.9. The van der Waals surface area contributed by atoms with E-state index in [0.29, 0.717) is 11.7 Å². The molecule has 3 aliphatic heterocycles. The molecule has 0 N–H and O–H groups in total. The minimum Gasteiger partial charge on any atom is -0.375 e. The Bertz CT molecular complexity index is 924. The van der Waals surface area contributed by atoms with Gasteiger partial charge in [-0.1, -0.05) is 17.4 Å². The molecule has 2 amide bonds. The largest absolute Gasteiger partial charge is 0.375 e. The highest BCUT2D eigenvalue weighted by Crippen LogP contribution is 2.37. The zero-order valence-electron chi connectivity index (χ0n) is 16.1. The summed E-state index contributed by atoms with van der Waals surface area (Å²) in [7, 11) is 0. The van der Waals surface area contributed by atoms with E-state index >= 15 is 0 Å². The molecule has 3 fully saturated rings. The van der Waals surface area contributed by atoms with Crippen molar-refractivity contribution in [1.82, 2.24) is 9.88 Å². The Balaban J connectivity index is 1.27. The number of likely N-dealkylation sites (tertiary alicyclic amines) is 1. The van der Waals surface area contributed by atoms with Crippen LogP contribution in [0.15, 0.2) is 18.2 Å². The molecule has 1 spiro atoms. The molecule has 7 heteroatoms. The molecule has 0 saturated carbocycles. The van der Waals surface area contributed by atoms with Gasteiger partial charge in [-0.2, -0.15) is 0 Å². The second kappa shape index (κ2) is 6.81. The van der Waals surface area contributed by atoms with Gasteiger partial charge in [-0.15, -0.1) is 0 Å². The summed E-state index contributed by atoms with van der Waals surface area (Å²) in [6.45, 7) is 4.82. The Morgan fingerprint density at radius 2 is 2.11 bits per heavy atom. The highest BCUT2D eigenvalue weighted by Gasteiger charge is 2.43. The normalized spacial score (nSPS) is 24.6. The Morgan fingerprint density at radius 1 is 1.29 bits per heavy atom. The van der Waals surface area contributed by atoms with Gasteiger partial charge in [0.2, 0.25) is 11.8 Å². The Labute approximate surface area is 168 Å². The molecule has 4 heterocycles. The van der Waals surface area contributed by atoms with Crippen LogP contribution in [0.3, 0.4) is 0 Å². The molecule has 6 nitrogen and oxygen atoms in total. The Hall–Kier alpha value is -1.99. The molecule has 0 radical (unpaired) electrons. The number of hydrogen-bond acceptors (Lipinski definition) is 5. The number of thiazole rings is 1. The van der Waals surface area contributed by atoms with Crippen molar-refractivity contribution in [3.8, 4) is 0 Å². The van der Waals surface area contributed by atoms with Gasteiger partial charge in [-0.25, -0.2) is 4.98 Å². The van der Waals surface area contributed by atoms with E-state index in [-0.39, 0.29) is 29.8 Å². The molecule has 28 heavy (non-hydrogen) atoms. The van der Waals surface area contributed by atoms with Crippen LogP contribution in [-0.4, -0.2) is 53.5 Å². The van der Waals surface area contributed by atoms with Crippen LogP contribution in [0.5, 0.6) is 0 Å². The number of aromatic nitrogens is 1. The van der Waals surface area contributed by atoms with Gasteiger partial charge in [0.1, 0.15) is 0 Å². The first-order valence-electron chi connectivity index (χ1n) is 10.1. The standard InChI is InChI=1S/C21H25N3O3S/c1-14-3-4-16-17(11-14)28-20(22-16)24-13-15(12-18(24)25)19(26)23-8-6-21(7-9-23)5-2-10-27-21/h3-4,11,15H,2,5-10,12-13H2,1H3. The number of carbonyl (C=O) groups is 2. The number of aryl methyl sites for hydroxylation is 1. The van der Waals surface area contributed by atoms with Crippen molar-refractivity contribution in [1.29, 1.82) is 0 Å². The molecule has 1 atom stereocenters. The molecule has 3 aliphatic rings. The van der Waals surface area contributed by atoms with Crippen LogP contribution in [0.2, 0.25) is 0 Å². The number of fused-ring (bicyclic) bond motifs is 1. The van der Waals surface area contributed by atoms with Crippen molar-refractivity contribution >= 4 is 38.5 Å². The van der Waals surface area contributed by atoms with E-state index in [9.17, 15) is 9.59 Å². The minimum absolute atomic E-state index is 0.00161. The lowest BCUT2D eigenvalue weighted by Gasteiger charge is -2.39. The van der Waals surface area contributed by atoms with Gasteiger partial charge in [0, 0.05) is 32.7 Å². The van der Waals surface area contributed by atoms with Crippen LogP contribution < -0.4 is 4.90 Å². The monoisotopic (exact) mass is 399 g/mol. The fraction of sp³-hybridized carbons (Fsp3) is 0.571. The number of nitrogens with zero attached hydrogens (tertiary/aromatic N) is 3. The third-order valence-corrected chi connectivity index (χ3v) is 7.45. The number of carbonyl (C=O) groups excluding carboxylic acids is 2. The molecular formula is C21H25N3O3S. The topological polar surface area (TPSA) is 62.7 Å². The SMILES string of the molecule is Cc1ccc2nc(N3CC(C(=O)N4CCC5(CCCO5)CC4)CC3=O)sc2c1. The average Bonchev–Trinajstić information content (AvgIpc) is 3.40. The minimum atomic E-state index is -0.264. The van der Waals surface area contributed by atoms with Crippen molar-refractivity contribution in [3.63, 3.8) is 0 Å². The van der Waals surface area contributed by atoms with E-state index in [4.69, 9.17) is 4.74 Å². The van der Waals surface area contributed by atoms with E-state index in [1.54, 1.807) is 4.90 Å². The molecule has 3 saturated heterocycles. The molecule has 0 aliphatic carbocycles. The summed E-state index contributed by atoms with van der Waals surface area (Å²) >= 11 is 1.53. The predicted molar refractivity (Wildman–Crippen MR) is 109 cm³/mol. The van der Waals surface area contributed by atoms with Crippen LogP contribution in [-0.2, 0) is 14.3 Å². The van der Waals surface area contributed by atoms with Crippen molar-refractivity contribution in [2.45, 2.75) is 44.6 Å². The van der Waals surface area contributed by atoms with Crippen molar-refractivity contribution < 1.29 is 14.3 Å². The molecular weight excluding hydrogens is 374 g/mol. The molecule has 0 bridgehead atoms. The lowest BCUT2D eigenvalue weighted by atomic mass is 9.88. The number of hydrogen-bond donors (Lipinski definition) is 0. The molecule has 1 aromatic heterocycles. The maximum absolute atomic E-state index is 13.0. The van der Waals surface area contributed by atoms with Crippen LogP contribution in [0.25, 0.3) is 10.2 Å². The van der Waals surface area contributed by atoms with Crippen LogP contribution in [0.4, 0.5) is 5.13 Å². The molecule has 5 rings (SSSR count). The van der Waals surface area contributed by atoms with E-state index in [2.05, 4.69) is 11.1 Å². The number of benzene rings is 1. The fourth-order valence-electron chi connectivity index (χ4n) is 4.74. The number of rotatable bonds is 2. The third-order valence-electron chi connectivity index (χ3n) is 6.41. The first kappa shape index (κ1) is 18.1. The second-order valence-electron chi connectivity index (χ2n) is 8.33. The highest BCUT2D eigenvalue weighted by atomic mass is 32.1. The zero-order chi connectivity index (χ0) is 19.3.